The van der Waals surface area contributed by atoms with Crippen molar-refractivity contribution < 1.29 is 14.3 Å². The van der Waals surface area contributed by atoms with Crippen molar-refractivity contribution in [3.8, 4) is 11.6 Å². The Labute approximate surface area is 138 Å². The molecule has 6 heteroatoms. The van der Waals surface area contributed by atoms with Gasteiger partial charge in [0.05, 0.1) is 11.5 Å². The molecule has 0 fully saturated rings. The molecule has 0 aliphatic rings. The average Bonchev–Trinajstić information content (AvgIpc) is 3.26. The topological polar surface area (TPSA) is 53.4 Å². The molecule has 23 heavy (non-hydrogen) atoms. The molecule has 0 aromatic carbocycles. The van der Waals surface area contributed by atoms with Gasteiger partial charge in [-0.3, -0.25) is 0 Å². The molecule has 0 N–H and O–H groups in total. The number of carbonyl (C=O) groups excluding carboxylic acids is 1. The molecule has 3 aromatic rings. The summed E-state index contributed by atoms with van der Waals surface area (Å²) in [6.45, 7) is 2.08. The van der Waals surface area contributed by atoms with E-state index in [2.05, 4.69) is 4.98 Å². The van der Waals surface area contributed by atoms with Crippen molar-refractivity contribution in [2.75, 3.05) is 6.61 Å². The predicted molar refractivity (Wildman–Crippen MR) is 87.9 cm³/mol. The molecule has 3 rings (SSSR count). The Morgan fingerprint density at radius 2 is 2.09 bits per heavy atom. The monoisotopic (exact) mass is 328 g/mol. The fourth-order valence-corrected chi connectivity index (χ4v) is 2.89. The second kappa shape index (κ2) is 7.11. The van der Waals surface area contributed by atoms with Crippen molar-refractivity contribution in [2.24, 2.45) is 0 Å². The van der Waals surface area contributed by atoms with Crippen LogP contribution in [-0.4, -0.2) is 22.1 Å². The lowest BCUT2D eigenvalue weighted by molar-refractivity contribution is -0.151. The second-order valence-electron chi connectivity index (χ2n) is 4.68. The minimum Gasteiger partial charge on any atom is -0.469 e. The van der Waals surface area contributed by atoms with Crippen molar-refractivity contribution in [2.45, 2.75) is 13.0 Å². The van der Waals surface area contributed by atoms with E-state index in [4.69, 9.17) is 9.47 Å². The van der Waals surface area contributed by atoms with Crippen LogP contribution in [0.4, 0.5) is 0 Å². The molecule has 0 aliphatic carbocycles. The first-order chi connectivity index (χ1) is 11.3. The van der Waals surface area contributed by atoms with E-state index in [1.165, 1.54) is 11.3 Å². The Balaban J connectivity index is 1.93. The van der Waals surface area contributed by atoms with Gasteiger partial charge in [-0.2, -0.15) is 0 Å². The van der Waals surface area contributed by atoms with E-state index in [1.807, 2.05) is 46.6 Å². The first-order valence-electron chi connectivity index (χ1n) is 7.24. The van der Waals surface area contributed by atoms with E-state index in [0.29, 0.717) is 18.2 Å². The summed E-state index contributed by atoms with van der Waals surface area (Å²) in [5.41, 5.74) is 0. The fraction of sp³-hybridized carbons (Fsp3) is 0.176. The van der Waals surface area contributed by atoms with Crippen LogP contribution >= 0.6 is 11.3 Å². The molecule has 0 spiro atoms. The number of pyridine rings is 1. The molecule has 0 saturated carbocycles. The lowest BCUT2D eigenvalue weighted by atomic mass is 10.3. The number of hydrogen-bond acceptors (Lipinski definition) is 5. The van der Waals surface area contributed by atoms with Gasteiger partial charge in [0.2, 0.25) is 6.10 Å². The third kappa shape index (κ3) is 3.43. The van der Waals surface area contributed by atoms with Gasteiger partial charge < -0.3 is 14.0 Å². The number of hydrogen-bond donors (Lipinski definition) is 0. The van der Waals surface area contributed by atoms with Crippen LogP contribution in [0.5, 0.6) is 5.75 Å². The van der Waals surface area contributed by atoms with Gasteiger partial charge in [0.15, 0.2) is 11.6 Å². The third-order valence-electron chi connectivity index (χ3n) is 3.15. The molecule has 1 unspecified atom stereocenters. The molecule has 0 bridgehead atoms. The third-order valence-corrected chi connectivity index (χ3v) is 4.06. The highest BCUT2D eigenvalue weighted by atomic mass is 32.1. The zero-order valence-electron chi connectivity index (χ0n) is 12.6. The highest BCUT2D eigenvalue weighted by Gasteiger charge is 2.26. The van der Waals surface area contributed by atoms with Crippen LogP contribution in [0.1, 0.15) is 17.9 Å². The minimum atomic E-state index is -0.798. The maximum absolute atomic E-state index is 12.3. The first-order valence-corrected chi connectivity index (χ1v) is 8.12. The van der Waals surface area contributed by atoms with Crippen LogP contribution in [0.3, 0.4) is 0 Å². The molecule has 0 saturated heterocycles. The minimum absolute atomic E-state index is 0.307. The average molecular weight is 328 g/mol. The van der Waals surface area contributed by atoms with E-state index in [9.17, 15) is 4.79 Å². The molecule has 3 heterocycles. The summed E-state index contributed by atoms with van der Waals surface area (Å²) >= 11 is 1.45. The zero-order valence-corrected chi connectivity index (χ0v) is 13.4. The molecule has 0 radical (unpaired) electrons. The molecular formula is C17H16N2O3S. The van der Waals surface area contributed by atoms with Crippen LogP contribution in [-0.2, 0) is 9.53 Å². The van der Waals surface area contributed by atoms with Gasteiger partial charge in [0, 0.05) is 18.6 Å². The largest absolute Gasteiger partial charge is 0.469 e. The second-order valence-corrected chi connectivity index (χ2v) is 5.66. The summed E-state index contributed by atoms with van der Waals surface area (Å²) in [5.74, 6) is 0.746. The molecular weight excluding hydrogens is 312 g/mol. The molecule has 5 nitrogen and oxygen atoms in total. The maximum Gasteiger partial charge on any atom is 0.352 e. The van der Waals surface area contributed by atoms with E-state index in [0.717, 1.165) is 4.88 Å². The lowest BCUT2D eigenvalue weighted by Crippen LogP contribution is -2.21. The summed E-state index contributed by atoms with van der Waals surface area (Å²) in [7, 11) is 0. The summed E-state index contributed by atoms with van der Waals surface area (Å²) < 4.78 is 13.0. The highest BCUT2D eigenvalue weighted by molar-refractivity contribution is 7.10. The van der Waals surface area contributed by atoms with Gasteiger partial charge >= 0.3 is 5.97 Å². The van der Waals surface area contributed by atoms with E-state index >= 15 is 0 Å². The van der Waals surface area contributed by atoms with Gasteiger partial charge in [-0.15, -0.1) is 11.3 Å². The summed E-state index contributed by atoms with van der Waals surface area (Å²) in [5, 5.41) is 1.90. The van der Waals surface area contributed by atoms with Crippen molar-refractivity contribution in [3.05, 3.63) is 65.2 Å². The fourth-order valence-electron chi connectivity index (χ4n) is 2.15. The number of aromatic nitrogens is 2. The van der Waals surface area contributed by atoms with Crippen LogP contribution in [0, 0.1) is 0 Å². The Kier molecular flexibility index (Phi) is 4.73. The Bertz CT molecular complexity index is 754. The molecule has 3 aromatic heterocycles. The predicted octanol–water partition coefficient (Wildman–Crippen LogP) is 3.62. The van der Waals surface area contributed by atoms with Crippen LogP contribution < -0.4 is 4.74 Å². The van der Waals surface area contributed by atoms with Gasteiger partial charge in [0.25, 0.3) is 0 Å². The normalized spacial score (nSPS) is 11.9. The van der Waals surface area contributed by atoms with Crippen molar-refractivity contribution >= 4 is 17.3 Å². The van der Waals surface area contributed by atoms with Crippen molar-refractivity contribution in [3.63, 3.8) is 0 Å². The number of nitrogens with zero attached hydrogens (tertiary/aromatic N) is 2. The Hall–Kier alpha value is -2.60. The highest BCUT2D eigenvalue weighted by Crippen LogP contribution is 2.29. The maximum atomic E-state index is 12.3. The molecule has 118 valence electrons. The molecule has 1 atom stereocenters. The molecule has 0 aliphatic heterocycles. The van der Waals surface area contributed by atoms with Crippen LogP contribution in [0.25, 0.3) is 5.82 Å². The standard InChI is InChI=1S/C17H16N2O3S/c1-2-21-17(20)15(14-8-6-12-23-14)22-13-7-5-9-18-16(13)19-10-3-4-11-19/h3-12,15H,2H2,1H3. The lowest BCUT2D eigenvalue weighted by Gasteiger charge is -2.18. The molecule has 0 amide bonds. The Morgan fingerprint density at radius 3 is 2.78 bits per heavy atom. The SMILES string of the molecule is CCOC(=O)C(Oc1cccnc1-n1cccc1)c1cccs1. The van der Waals surface area contributed by atoms with E-state index < -0.39 is 12.1 Å². The van der Waals surface area contributed by atoms with Crippen LogP contribution in [0.2, 0.25) is 0 Å². The number of rotatable bonds is 6. The van der Waals surface area contributed by atoms with Crippen LogP contribution in [0.15, 0.2) is 60.4 Å². The van der Waals surface area contributed by atoms with Crippen molar-refractivity contribution in [1.82, 2.24) is 9.55 Å². The Morgan fingerprint density at radius 1 is 1.26 bits per heavy atom. The summed E-state index contributed by atoms with van der Waals surface area (Å²) in [6, 6.07) is 11.1. The van der Waals surface area contributed by atoms with Gasteiger partial charge in [-0.25, -0.2) is 9.78 Å². The van der Waals surface area contributed by atoms with Gasteiger partial charge in [-0.1, -0.05) is 6.07 Å². The quantitative estimate of drug-likeness (QED) is 0.649. The smallest absolute Gasteiger partial charge is 0.352 e. The summed E-state index contributed by atoms with van der Waals surface area (Å²) in [4.78, 5) is 17.4. The number of ether oxygens (including phenoxy) is 2. The number of thiophene rings is 1. The zero-order chi connectivity index (χ0) is 16.1. The first kappa shape index (κ1) is 15.3. The number of esters is 1. The van der Waals surface area contributed by atoms with E-state index in [-0.39, 0.29) is 0 Å². The van der Waals surface area contributed by atoms with Gasteiger partial charge in [-0.05, 0) is 42.6 Å². The number of carbonyl (C=O) groups is 1. The summed E-state index contributed by atoms with van der Waals surface area (Å²) in [6.07, 6.45) is 4.64. The van der Waals surface area contributed by atoms with Crippen molar-refractivity contribution in [1.29, 1.82) is 0 Å². The van der Waals surface area contributed by atoms with Gasteiger partial charge in [0.1, 0.15) is 0 Å². The van der Waals surface area contributed by atoms with E-state index in [1.54, 1.807) is 25.3 Å².